The van der Waals surface area contributed by atoms with E-state index < -0.39 is 6.10 Å². The molecule has 18 heavy (non-hydrogen) atoms. The van der Waals surface area contributed by atoms with Crippen LogP contribution in [0.5, 0.6) is 0 Å². The van der Waals surface area contributed by atoms with Gasteiger partial charge >= 0.3 is 0 Å². The van der Waals surface area contributed by atoms with E-state index in [9.17, 15) is 5.11 Å². The number of halogens is 1. The molecule has 2 rings (SSSR count). The third-order valence-corrected chi connectivity index (χ3v) is 3.24. The van der Waals surface area contributed by atoms with Crippen LogP contribution in [-0.4, -0.2) is 19.9 Å². The number of rotatable bonds is 4. The molecule has 0 fully saturated rings. The highest BCUT2D eigenvalue weighted by Crippen LogP contribution is 2.21. The molecule has 1 unspecified atom stereocenters. The van der Waals surface area contributed by atoms with Crippen LogP contribution in [0.2, 0.25) is 0 Å². The highest BCUT2D eigenvalue weighted by molar-refractivity contribution is 9.10. The van der Waals surface area contributed by atoms with Gasteiger partial charge in [0.25, 0.3) is 0 Å². The standard InChI is InChI=1S/C13H16BrN3O/c1-9(2)17-13(15-8-16-17)7-12(18)10-4-3-5-11(14)6-10/h3-6,8-9,12,18H,7H2,1-2H3. The molecule has 4 nitrogen and oxygen atoms in total. The van der Waals surface area contributed by atoms with E-state index in [0.717, 1.165) is 15.9 Å². The number of benzene rings is 1. The molecule has 0 aliphatic rings. The monoisotopic (exact) mass is 309 g/mol. The van der Waals surface area contributed by atoms with E-state index in [2.05, 4.69) is 26.0 Å². The van der Waals surface area contributed by atoms with E-state index >= 15 is 0 Å². The van der Waals surface area contributed by atoms with Crippen molar-refractivity contribution in [2.45, 2.75) is 32.4 Å². The van der Waals surface area contributed by atoms with Crippen LogP contribution in [0.1, 0.15) is 37.4 Å². The maximum absolute atomic E-state index is 10.2. The van der Waals surface area contributed by atoms with Crippen LogP contribution in [0, 0.1) is 0 Å². The van der Waals surface area contributed by atoms with E-state index in [0.29, 0.717) is 6.42 Å². The summed E-state index contributed by atoms with van der Waals surface area (Å²) in [4.78, 5) is 4.21. The summed E-state index contributed by atoms with van der Waals surface area (Å²) in [5.74, 6) is 0.803. The minimum atomic E-state index is -0.566. The normalized spacial score (nSPS) is 12.9. The Kier molecular flexibility index (Phi) is 4.14. The molecule has 0 aliphatic heterocycles. The SMILES string of the molecule is CC(C)n1ncnc1CC(O)c1cccc(Br)c1. The lowest BCUT2D eigenvalue weighted by atomic mass is 10.1. The number of nitrogens with zero attached hydrogens (tertiary/aromatic N) is 3. The maximum Gasteiger partial charge on any atom is 0.138 e. The Bertz CT molecular complexity index is 524. The summed E-state index contributed by atoms with van der Waals surface area (Å²) in [6.45, 7) is 4.09. The van der Waals surface area contributed by atoms with Crippen molar-refractivity contribution in [2.75, 3.05) is 0 Å². The Hall–Kier alpha value is -1.20. The summed E-state index contributed by atoms with van der Waals surface area (Å²) >= 11 is 3.40. The fourth-order valence-electron chi connectivity index (χ4n) is 1.86. The summed E-state index contributed by atoms with van der Waals surface area (Å²) in [5, 5.41) is 14.4. The second-order valence-electron chi connectivity index (χ2n) is 4.49. The van der Waals surface area contributed by atoms with Gasteiger partial charge < -0.3 is 5.11 Å². The average molecular weight is 310 g/mol. The smallest absolute Gasteiger partial charge is 0.138 e. The molecule has 1 heterocycles. The highest BCUT2D eigenvalue weighted by atomic mass is 79.9. The summed E-state index contributed by atoms with van der Waals surface area (Å²) in [6, 6.07) is 7.92. The van der Waals surface area contributed by atoms with Gasteiger partial charge in [0.2, 0.25) is 0 Å². The topological polar surface area (TPSA) is 50.9 Å². The summed E-state index contributed by atoms with van der Waals surface area (Å²) < 4.78 is 2.80. The van der Waals surface area contributed by atoms with E-state index in [1.54, 1.807) is 0 Å². The van der Waals surface area contributed by atoms with Crippen molar-refractivity contribution < 1.29 is 5.11 Å². The minimum Gasteiger partial charge on any atom is -0.388 e. The molecule has 0 saturated carbocycles. The molecule has 5 heteroatoms. The third kappa shape index (κ3) is 2.97. The number of hydrogen-bond acceptors (Lipinski definition) is 3. The molecule has 1 aromatic carbocycles. The van der Waals surface area contributed by atoms with Crippen molar-refractivity contribution >= 4 is 15.9 Å². The zero-order chi connectivity index (χ0) is 13.1. The van der Waals surface area contributed by atoms with Crippen molar-refractivity contribution in [2.24, 2.45) is 0 Å². The fourth-order valence-corrected chi connectivity index (χ4v) is 2.27. The Labute approximate surface area is 115 Å². The van der Waals surface area contributed by atoms with Crippen molar-refractivity contribution in [3.8, 4) is 0 Å². The second-order valence-corrected chi connectivity index (χ2v) is 5.41. The minimum absolute atomic E-state index is 0.247. The summed E-state index contributed by atoms with van der Waals surface area (Å²) in [7, 11) is 0. The van der Waals surface area contributed by atoms with Gasteiger partial charge in [-0.15, -0.1) is 0 Å². The molecule has 0 aliphatic carbocycles. The lowest BCUT2D eigenvalue weighted by Gasteiger charge is -2.13. The molecule has 96 valence electrons. The Morgan fingerprint density at radius 2 is 2.17 bits per heavy atom. The summed E-state index contributed by atoms with van der Waals surface area (Å²) in [6.07, 6.45) is 1.43. The predicted molar refractivity (Wildman–Crippen MR) is 73.2 cm³/mol. The first-order chi connectivity index (χ1) is 8.58. The molecule has 0 bridgehead atoms. The van der Waals surface area contributed by atoms with Crippen molar-refractivity contribution in [3.63, 3.8) is 0 Å². The van der Waals surface area contributed by atoms with E-state index in [4.69, 9.17) is 0 Å². The quantitative estimate of drug-likeness (QED) is 0.944. The molecule has 0 radical (unpaired) electrons. The number of aliphatic hydroxyl groups is 1. The molecule has 0 amide bonds. The van der Waals surface area contributed by atoms with Gasteiger partial charge in [-0.1, -0.05) is 28.1 Å². The Morgan fingerprint density at radius 3 is 2.83 bits per heavy atom. The van der Waals surface area contributed by atoms with Gasteiger partial charge in [0.1, 0.15) is 12.2 Å². The molecule has 2 aromatic rings. The van der Waals surface area contributed by atoms with Crippen molar-refractivity contribution in [3.05, 3.63) is 46.5 Å². The van der Waals surface area contributed by atoms with E-state index in [1.807, 2.05) is 42.8 Å². The fraction of sp³-hybridized carbons (Fsp3) is 0.385. The average Bonchev–Trinajstić information content (AvgIpc) is 2.77. The van der Waals surface area contributed by atoms with Gasteiger partial charge in [0.15, 0.2) is 0 Å². The van der Waals surface area contributed by atoms with Gasteiger partial charge in [0.05, 0.1) is 6.10 Å². The first-order valence-electron chi connectivity index (χ1n) is 5.90. The van der Waals surface area contributed by atoms with Crippen molar-refractivity contribution in [1.82, 2.24) is 14.8 Å². The lowest BCUT2D eigenvalue weighted by Crippen LogP contribution is -2.12. The van der Waals surface area contributed by atoms with Gasteiger partial charge in [-0.05, 0) is 31.5 Å². The van der Waals surface area contributed by atoms with E-state index in [-0.39, 0.29) is 6.04 Å². The second kappa shape index (κ2) is 5.63. The molecule has 1 N–H and O–H groups in total. The van der Waals surface area contributed by atoms with Crippen LogP contribution in [0.3, 0.4) is 0 Å². The molecule has 0 spiro atoms. The molecule has 0 saturated heterocycles. The van der Waals surface area contributed by atoms with Crippen LogP contribution in [0.4, 0.5) is 0 Å². The Morgan fingerprint density at radius 1 is 1.39 bits per heavy atom. The highest BCUT2D eigenvalue weighted by Gasteiger charge is 2.14. The number of hydrogen-bond donors (Lipinski definition) is 1. The summed E-state index contributed by atoms with van der Waals surface area (Å²) in [5.41, 5.74) is 0.877. The van der Waals surface area contributed by atoms with Crippen LogP contribution in [0.25, 0.3) is 0 Å². The number of aliphatic hydroxyl groups excluding tert-OH is 1. The van der Waals surface area contributed by atoms with Gasteiger partial charge in [-0.2, -0.15) is 5.10 Å². The van der Waals surface area contributed by atoms with E-state index in [1.165, 1.54) is 6.33 Å². The Balaban J connectivity index is 2.16. The lowest BCUT2D eigenvalue weighted by molar-refractivity contribution is 0.173. The van der Waals surface area contributed by atoms with Gasteiger partial charge in [-0.3, -0.25) is 0 Å². The van der Waals surface area contributed by atoms with Crippen LogP contribution >= 0.6 is 15.9 Å². The molecule has 1 aromatic heterocycles. The maximum atomic E-state index is 10.2. The zero-order valence-electron chi connectivity index (χ0n) is 10.4. The van der Waals surface area contributed by atoms with Gasteiger partial charge in [0, 0.05) is 16.9 Å². The first kappa shape index (κ1) is 13.2. The van der Waals surface area contributed by atoms with Crippen LogP contribution in [0.15, 0.2) is 35.1 Å². The largest absolute Gasteiger partial charge is 0.388 e. The van der Waals surface area contributed by atoms with Crippen LogP contribution < -0.4 is 0 Å². The molecule has 1 atom stereocenters. The van der Waals surface area contributed by atoms with Gasteiger partial charge in [-0.25, -0.2) is 9.67 Å². The first-order valence-corrected chi connectivity index (χ1v) is 6.69. The molecular weight excluding hydrogens is 294 g/mol. The number of aromatic nitrogens is 3. The predicted octanol–water partition coefficient (Wildman–Crippen LogP) is 2.90. The zero-order valence-corrected chi connectivity index (χ0v) is 12.0. The third-order valence-electron chi connectivity index (χ3n) is 2.75. The van der Waals surface area contributed by atoms with Crippen LogP contribution in [-0.2, 0) is 6.42 Å². The molecular formula is C13H16BrN3O. The van der Waals surface area contributed by atoms with Crippen molar-refractivity contribution in [1.29, 1.82) is 0 Å².